The molecule has 2 saturated carbocycles. The summed E-state index contributed by atoms with van der Waals surface area (Å²) in [6, 6.07) is 0. The van der Waals surface area contributed by atoms with E-state index in [4.69, 9.17) is 4.74 Å². The van der Waals surface area contributed by atoms with E-state index in [1.807, 2.05) is 0 Å². The van der Waals surface area contributed by atoms with E-state index in [1.165, 1.54) is 32.1 Å². The van der Waals surface area contributed by atoms with Crippen LogP contribution in [0.4, 0.5) is 0 Å². The summed E-state index contributed by atoms with van der Waals surface area (Å²) in [7, 11) is 0. The number of hydrogen-bond acceptors (Lipinski definition) is 1. The van der Waals surface area contributed by atoms with Gasteiger partial charge in [0.25, 0.3) is 0 Å². The first kappa shape index (κ1) is 9.51. The molecule has 1 nitrogen and oxygen atoms in total. The van der Waals surface area contributed by atoms with Gasteiger partial charge in [0, 0.05) is 6.61 Å². The Hall–Kier alpha value is -0.0400. The molecule has 1 spiro atoms. The molecule has 0 amide bonds. The summed E-state index contributed by atoms with van der Waals surface area (Å²) in [5.41, 5.74) is 1.02. The standard InChI is InChI=1S/C12H22O/c1-4-13-10-11(2,3)8-9-12(10)6-5-7-12/h10H,4-9H2,1-3H3. The normalized spacial score (nSPS) is 34.8. The van der Waals surface area contributed by atoms with Crippen LogP contribution in [0.5, 0.6) is 0 Å². The van der Waals surface area contributed by atoms with Gasteiger partial charge in [-0.2, -0.15) is 0 Å². The van der Waals surface area contributed by atoms with E-state index in [1.54, 1.807) is 0 Å². The van der Waals surface area contributed by atoms with Crippen molar-refractivity contribution in [2.45, 2.75) is 59.0 Å². The molecule has 0 radical (unpaired) electrons. The Morgan fingerprint density at radius 1 is 1.15 bits per heavy atom. The molecule has 0 bridgehead atoms. The van der Waals surface area contributed by atoms with Crippen molar-refractivity contribution in [1.29, 1.82) is 0 Å². The monoisotopic (exact) mass is 182 g/mol. The lowest BCUT2D eigenvalue weighted by molar-refractivity contribution is -0.0968. The van der Waals surface area contributed by atoms with E-state index in [-0.39, 0.29) is 0 Å². The summed E-state index contributed by atoms with van der Waals surface area (Å²) >= 11 is 0. The summed E-state index contributed by atoms with van der Waals surface area (Å²) in [5.74, 6) is 0. The van der Waals surface area contributed by atoms with Crippen LogP contribution in [0.25, 0.3) is 0 Å². The highest BCUT2D eigenvalue weighted by Gasteiger charge is 2.55. The van der Waals surface area contributed by atoms with Crippen LogP contribution in [0.3, 0.4) is 0 Å². The average Bonchev–Trinajstić information content (AvgIpc) is 2.25. The topological polar surface area (TPSA) is 9.23 Å². The van der Waals surface area contributed by atoms with Crippen LogP contribution in [0.15, 0.2) is 0 Å². The molecule has 0 N–H and O–H groups in total. The lowest BCUT2D eigenvalue weighted by Gasteiger charge is -2.46. The van der Waals surface area contributed by atoms with Gasteiger partial charge in [-0.3, -0.25) is 0 Å². The van der Waals surface area contributed by atoms with Crippen LogP contribution in [0.2, 0.25) is 0 Å². The van der Waals surface area contributed by atoms with Crippen molar-refractivity contribution in [3.8, 4) is 0 Å². The molecule has 1 heteroatoms. The van der Waals surface area contributed by atoms with Gasteiger partial charge in [0.2, 0.25) is 0 Å². The molecule has 0 heterocycles. The summed E-state index contributed by atoms with van der Waals surface area (Å²) in [5, 5.41) is 0. The lowest BCUT2D eigenvalue weighted by atomic mass is 9.64. The fourth-order valence-electron chi connectivity index (χ4n) is 3.37. The van der Waals surface area contributed by atoms with E-state index in [9.17, 15) is 0 Å². The highest BCUT2D eigenvalue weighted by Crippen LogP contribution is 2.60. The smallest absolute Gasteiger partial charge is 0.0681 e. The molecule has 76 valence electrons. The molecule has 0 saturated heterocycles. The molecule has 2 aliphatic carbocycles. The zero-order chi connectivity index (χ0) is 9.53. The van der Waals surface area contributed by atoms with E-state index >= 15 is 0 Å². The maximum Gasteiger partial charge on any atom is 0.0681 e. The van der Waals surface area contributed by atoms with Gasteiger partial charge in [-0.05, 0) is 43.4 Å². The van der Waals surface area contributed by atoms with Crippen LogP contribution >= 0.6 is 0 Å². The van der Waals surface area contributed by atoms with Crippen molar-refractivity contribution >= 4 is 0 Å². The first-order valence-corrected chi connectivity index (χ1v) is 5.72. The number of hydrogen-bond donors (Lipinski definition) is 0. The molecule has 2 fully saturated rings. The van der Waals surface area contributed by atoms with Gasteiger partial charge in [0.05, 0.1) is 6.10 Å². The van der Waals surface area contributed by atoms with E-state index in [2.05, 4.69) is 20.8 Å². The molecule has 1 atom stereocenters. The van der Waals surface area contributed by atoms with Gasteiger partial charge in [0.1, 0.15) is 0 Å². The third kappa shape index (κ3) is 1.32. The van der Waals surface area contributed by atoms with Crippen molar-refractivity contribution in [2.24, 2.45) is 10.8 Å². The first-order valence-electron chi connectivity index (χ1n) is 5.72. The van der Waals surface area contributed by atoms with Crippen LogP contribution in [0, 0.1) is 10.8 Å². The lowest BCUT2D eigenvalue weighted by Crippen LogP contribution is -2.44. The minimum absolute atomic E-state index is 0.427. The summed E-state index contributed by atoms with van der Waals surface area (Å²) in [6.07, 6.45) is 7.57. The molecule has 2 rings (SSSR count). The molecule has 2 aliphatic rings. The maximum absolute atomic E-state index is 5.98. The van der Waals surface area contributed by atoms with Gasteiger partial charge in [-0.25, -0.2) is 0 Å². The van der Waals surface area contributed by atoms with Gasteiger partial charge in [-0.15, -0.1) is 0 Å². The SMILES string of the molecule is CCOC1C(C)(C)CCC12CCC2. The Kier molecular flexibility index (Phi) is 2.18. The van der Waals surface area contributed by atoms with Crippen molar-refractivity contribution in [1.82, 2.24) is 0 Å². The zero-order valence-electron chi connectivity index (χ0n) is 9.23. The molecule has 0 aromatic rings. The van der Waals surface area contributed by atoms with Crippen molar-refractivity contribution in [3.63, 3.8) is 0 Å². The Labute approximate surface area is 81.9 Å². The third-order valence-electron chi connectivity index (χ3n) is 4.22. The second kappa shape index (κ2) is 2.98. The second-order valence-electron chi connectivity index (χ2n) is 5.54. The zero-order valence-corrected chi connectivity index (χ0v) is 9.23. The second-order valence-corrected chi connectivity index (χ2v) is 5.54. The Balaban J connectivity index is 2.13. The van der Waals surface area contributed by atoms with Crippen LogP contribution in [-0.4, -0.2) is 12.7 Å². The molecule has 0 aromatic heterocycles. The van der Waals surface area contributed by atoms with Crippen molar-refractivity contribution in [3.05, 3.63) is 0 Å². The molecule has 0 aromatic carbocycles. The molecule has 0 aliphatic heterocycles. The highest BCUT2D eigenvalue weighted by atomic mass is 16.5. The number of rotatable bonds is 2. The van der Waals surface area contributed by atoms with Crippen LogP contribution in [-0.2, 0) is 4.74 Å². The first-order chi connectivity index (χ1) is 6.11. The Morgan fingerprint density at radius 2 is 1.85 bits per heavy atom. The molecular weight excluding hydrogens is 160 g/mol. The molecule has 13 heavy (non-hydrogen) atoms. The maximum atomic E-state index is 5.98. The summed E-state index contributed by atoms with van der Waals surface area (Å²) in [4.78, 5) is 0. The van der Waals surface area contributed by atoms with E-state index in [0.717, 1.165) is 6.61 Å². The average molecular weight is 182 g/mol. The minimum atomic E-state index is 0.427. The van der Waals surface area contributed by atoms with Crippen LogP contribution in [0.1, 0.15) is 52.9 Å². The van der Waals surface area contributed by atoms with Crippen molar-refractivity contribution in [2.75, 3.05) is 6.61 Å². The quantitative estimate of drug-likeness (QED) is 0.636. The molecule has 1 unspecified atom stereocenters. The van der Waals surface area contributed by atoms with Crippen LogP contribution < -0.4 is 0 Å². The number of ether oxygens (including phenoxy) is 1. The van der Waals surface area contributed by atoms with E-state index in [0.29, 0.717) is 16.9 Å². The predicted octanol–water partition coefficient (Wildman–Crippen LogP) is 3.38. The largest absolute Gasteiger partial charge is 0.377 e. The van der Waals surface area contributed by atoms with Gasteiger partial charge in [-0.1, -0.05) is 20.3 Å². The Morgan fingerprint density at radius 3 is 2.31 bits per heavy atom. The molecular formula is C12H22O. The summed E-state index contributed by atoms with van der Waals surface area (Å²) < 4.78 is 5.98. The van der Waals surface area contributed by atoms with Gasteiger partial charge in [0.15, 0.2) is 0 Å². The summed E-state index contributed by atoms with van der Waals surface area (Å²) in [6.45, 7) is 7.76. The fraction of sp³-hybridized carbons (Fsp3) is 1.00. The van der Waals surface area contributed by atoms with Gasteiger partial charge < -0.3 is 4.74 Å². The Bertz CT molecular complexity index is 191. The third-order valence-corrected chi connectivity index (χ3v) is 4.22. The highest BCUT2D eigenvalue weighted by molar-refractivity contribution is 5.06. The fourth-order valence-corrected chi connectivity index (χ4v) is 3.37. The minimum Gasteiger partial charge on any atom is -0.377 e. The predicted molar refractivity (Wildman–Crippen MR) is 54.7 cm³/mol. The van der Waals surface area contributed by atoms with E-state index < -0.39 is 0 Å². The van der Waals surface area contributed by atoms with Crippen molar-refractivity contribution < 1.29 is 4.74 Å². The van der Waals surface area contributed by atoms with Gasteiger partial charge >= 0.3 is 0 Å².